The highest BCUT2D eigenvalue weighted by Crippen LogP contribution is 2.19. The molecule has 0 spiro atoms. The van der Waals surface area contributed by atoms with Gasteiger partial charge in [-0.2, -0.15) is 0 Å². The lowest BCUT2D eigenvalue weighted by molar-refractivity contribution is -0.136. The van der Waals surface area contributed by atoms with E-state index < -0.39 is 0 Å². The lowest BCUT2D eigenvalue weighted by atomic mass is 9.97. The fourth-order valence-corrected chi connectivity index (χ4v) is 3.00. The predicted octanol–water partition coefficient (Wildman–Crippen LogP) is 0.668. The minimum Gasteiger partial charge on any atom is -0.341 e. The third-order valence-corrected chi connectivity index (χ3v) is 4.21. The van der Waals surface area contributed by atoms with E-state index in [4.69, 9.17) is 5.73 Å². The fraction of sp³-hybridized carbons (Fsp3) is 0.923. The van der Waals surface area contributed by atoms with Crippen molar-refractivity contribution in [1.82, 2.24) is 9.80 Å². The average molecular weight is 239 g/mol. The molecule has 0 aliphatic carbocycles. The van der Waals surface area contributed by atoms with E-state index in [0.29, 0.717) is 11.8 Å². The van der Waals surface area contributed by atoms with Crippen molar-refractivity contribution in [2.75, 3.05) is 32.7 Å². The summed E-state index contributed by atoms with van der Waals surface area (Å²) < 4.78 is 0. The van der Waals surface area contributed by atoms with E-state index in [-0.39, 0.29) is 6.04 Å². The van der Waals surface area contributed by atoms with Crippen LogP contribution in [-0.2, 0) is 4.79 Å². The van der Waals surface area contributed by atoms with Crippen molar-refractivity contribution in [3.63, 3.8) is 0 Å². The zero-order chi connectivity index (χ0) is 12.3. The second-order valence-electron chi connectivity index (χ2n) is 5.45. The summed E-state index contributed by atoms with van der Waals surface area (Å²) in [7, 11) is 0. The normalized spacial score (nSPS) is 28.4. The van der Waals surface area contributed by atoms with Crippen LogP contribution in [0.25, 0.3) is 0 Å². The first-order chi connectivity index (χ1) is 8.22. The highest BCUT2D eigenvalue weighted by atomic mass is 16.2. The molecule has 2 rings (SSSR count). The summed E-state index contributed by atoms with van der Waals surface area (Å²) in [6.07, 6.45) is 4.74. The number of hydrogen-bond acceptors (Lipinski definition) is 3. The van der Waals surface area contributed by atoms with Crippen LogP contribution in [0.1, 0.15) is 32.6 Å². The highest BCUT2D eigenvalue weighted by molar-refractivity contribution is 5.81. The largest absolute Gasteiger partial charge is 0.341 e. The number of rotatable bonds is 3. The van der Waals surface area contributed by atoms with Gasteiger partial charge in [-0.1, -0.05) is 0 Å². The molecule has 4 nitrogen and oxygen atoms in total. The van der Waals surface area contributed by atoms with Crippen molar-refractivity contribution in [2.45, 2.75) is 38.6 Å². The molecule has 0 saturated carbocycles. The maximum Gasteiger partial charge on any atom is 0.239 e. The van der Waals surface area contributed by atoms with E-state index in [2.05, 4.69) is 11.8 Å². The molecule has 4 heteroatoms. The van der Waals surface area contributed by atoms with Crippen molar-refractivity contribution < 1.29 is 4.79 Å². The maximum atomic E-state index is 12.3. The van der Waals surface area contributed by atoms with E-state index in [1.807, 2.05) is 4.90 Å². The molecular formula is C13H25N3O. The molecule has 0 aromatic carbocycles. The third kappa shape index (κ3) is 2.99. The molecule has 0 aromatic rings. The van der Waals surface area contributed by atoms with Crippen molar-refractivity contribution in [1.29, 1.82) is 0 Å². The lowest BCUT2D eigenvalue weighted by Gasteiger charge is -2.37. The quantitative estimate of drug-likeness (QED) is 0.787. The molecule has 0 bridgehead atoms. The van der Waals surface area contributed by atoms with E-state index >= 15 is 0 Å². The van der Waals surface area contributed by atoms with Crippen LogP contribution < -0.4 is 5.73 Å². The van der Waals surface area contributed by atoms with Gasteiger partial charge in [0.15, 0.2) is 0 Å². The van der Waals surface area contributed by atoms with Gasteiger partial charge in [-0.05, 0) is 51.6 Å². The molecule has 2 fully saturated rings. The number of hydrogen-bond donors (Lipinski definition) is 1. The van der Waals surface area contributed by atoms with E-state index in [9.17, 15) is 4.79 Å². The Balaban J connectivity index is 1.89. The Bertz CT molecular complexity index is 263. The van der Waals surface area contributed by atoms with E-state index in [1.54, 1.807) is 0 Å². The zero-order valence-corrected chi connectivity index (χ0v) is 10.9. The van der Waals surface area contributed by atoms with Crippen LogP contribution in [0.15, 0.2) is 0 Å². The monoisotopic (exact) mass is 239 g/mol. The van der Waals surface area contributed by atoms with Crippen molar-refractivity contribution in [3.05, 3.63) is 0 Å². The molecule has 2 unspecified atom stereocenters. The van der Waals surface area contributed by atoms with Crippen LogP contribution in [-0.4, -0.2) is 54.5 Å². The van der Waals surface area contributed by atoms with Gasteiger partial charge in [0.05, 0.1) is 6.04 Å². The summed E-state index contributed by atoms with van der Waals surface area (Å²) in [4.78, 5) is 16.6. The fourth-order valence-electron chi connectivity index (χ4n) is 3.00. The van der Waals surface area contributed by atoms with Gasteiger partial charge in [-0.3, -0.25) is 9.69 Å². The summed E-state index contributed by atoms with van der Waals surface area (Å²) in [6.45, 7) is 6.77. The van der Waals surface area contributed by atoms with E-state index in [1.165, 1.54) is 25.7 Å². The van der Waals surface area contributed by atoms with Gasteiger partial charge >= 0.3 is 0 Å². The molecule has 0 aromatic heterocycles. The molecule has 2 saturated heterocycles. The summed E-state index contributed by atoms with van der Waals surface area (Å²) in [5.41, 5.74) is 5.74. The molecule has 1 amide bonds. The van der Waals surface area contributed by atoms with Crippen LogP contribution in [0.4, 0.5) is 0 Å². The van der Waals surface area contributed by atoms with Crippen molar-refractivity contribution >= 4 is 5.91 Å². The number of carbonyl (C=O) groups excluding carboxylic acids is 1. The summed E-state index contributed by atoms with van der Waals surface area (Å²) in [6, 6.07) is 0.0439. The molecule has 0 radical (unpaired) electrons. The first-order valence-electron chi connectivity index (χ1n) is 6.95. The number of amides is 1. The number of nitrogens with two attached hydrogens (primary N) is 1. The highest BCUT2D eigenvalue weighted by Gasteiger charge is 2.30. The molecule has 2 N–H and O–H groups in total. The zero-order valence-electron chi connectivity index (χ0n) is 10.9. The Morgan fingerprint density at radius 1 is 1.29 bits per heavy atom. The minimum absolute atomic E-state index is 0.0439. The van der Waals surface area contributed by atoms with Gasteiger partial charge in [0.25, 0.3) is 0 Å². The SMILES string of the molecule is CC(C(=O)N1CCCC1)N1CCCC(CN)C1. The van der Waals surface area contributed by atoms with Crippen LogP contribution in [0.5, 0.6) is 0 Å². The Hall–Kier alpha value is -0.610. The molecule has 98 valence electrons. The van der Waals surface area contributed by atoms with E-state index in [0.717, 1.165) is 32.7 Å². The molecule has 17 heavy (non-hydrogen) atoms. The maximum absolute atomic E-state index is 12.3. The van der Waals surface area contributed by atoms with Crippen molar-refractivity contribution in [2.24, 2.45) is 11.7 Å². The summed E-state index contributed by atoms with van der Waals surface area (Å²) >= 11 is 0. The second kappa shape index (κ2) is 5.83. The van der Waals surface area contributed by atoms with Crippen molar-refractivity contribution in [3.8, 4) is 0 Å². The minimum atomic E-state index is 0.0439. The summed E-state index contributed by atoms with van der Waals surface area (Å²) in [5.74, 6) is 0.901. The Kier molecular flexibility index (Phi) is 4.40. The lowest BCUT2D eigenvalue weighted by Crippen LogP contribution is -2.50. The van der Waals surface area contributed by atoms with Crippen LogP contribution >= 0.6 is 0 Å². The van der Waals surface area contributed by atoms with Gasteiger partial charge in [-0.15, -0.1) is 0 Å². The number of carbonyl (C=O) groups is 1. The molecular weight excluding hydrogens is 214 g/mol. The predicted molar refractivity (Wildman–Crippen MR) is 68.6 cm³/mol. The smallest absolute Gasteiger partial charge is 0.239 e. The number of nitrogens with zero attached hydrogens (tertiary/aromatic N) is 2. The summed E-state index contributed by atoms with van der Waals surface area (Å²) in [5, 5.41) is 0. The first-order valence-corrected chi connectivity index (χ1v) is 6.95. The third-order valence-electron chi connectivity index (χ3n) is 4.21. The van der Waals surface area contributed by atoms with Crippen LogP contribution in [0.3, 0.4) is 0 Å². The van der Waals surface area contributed by atoms with Crippen LogP contribution in [0, 0.1) is 5.92 Å². The Morgan fingerprint density at radius 3 is 2.65 bits per heavy atom. The topological polar surface area (TPSA) is 49.6 Å². The second-order valence-corrected chi connectivity index (χ2v) is 5.45. The molecule has 2 atom stereocenters. The van der Waals surface area contributed by atoms with Gasteiger partial charge in [-0.25, -0.2) is 0 Å². The standard InChI is InChI=1S/C13H25N3O/c1-11(13(17)15-6-2-3-7-15)16-8-4-5-12(9-14)10-16/h11-12H,2-10,14H2,1H3. The van der Waals surface area contributed by atoms with Gasteiger partial charge in [0.1, 0.15) is 0 Å². The molecule has 2 heterocycles. The average Bonchev–Trinajstić information content (AvgIpc) is 2.91. The Morgan fingerprint density at radius 2 is 2.00 bits per heavy atom. The first kappa shape index (κ1) is 12.8. The molecule has 2 aliphatic heterocycles. The number of likely N-dealkylation sites (tertiary alicyclic amines) is 2. The Labute approximate surface area is 104 Å². The molecule has 2 aliphatic rings. The van der Waals surface area contributed by atoms with Gasteiger partial charge in [0.2, 0.25) is 5.91 Å². The van der Waals surface area contributed by atoms with Gasteiger partial charge < -0.3 is 10.6 Å². The number of piperidine rings is 1. The van der Waals surface area contributed by atoms with Gasteiger partial charge in [0, 0.05) is 19.6 Å². The van der Waals surface area contributed by atoms with Crippen LogP contribution in [0.2, 0.25) is 0 Å².